The van der Waals surface area contributed by atoms with Gasteiger partial charge in [-0.15, -0.1) is 0 Å². The first-order valence-corrected chi connectivity index (χ1v) is 16.9. The molecule has 0 spiro atoms. The lowest BCUT2D eigenvalue weighted by atomic mass is 9.93. The highest BCUT2D eigenvalue weighted by Crippen LogP contribution is 2.36. The number of allylic oxidation sites excluding steroid dienone is 1. The zero-order chi connectivity index (χ0) is 32.5. The Hall–Kier alpha value is -2.99. The number of hydrogen-bond donors (Lipinski definition) is 0. The maximum absolute atomic E-state index is 13.2. The molecule has 5 nitrogen and oxygen atoms in total. The molecule has 2 aliphatic heterocycles. The third-order valence-electron chi connectivity index (χ3n) is 8.65. The molecule has 44 heavy (non-hydrogen) atoms. The highest BCUT2D eigenvalue weighted by molar-refractivity contribution is 5.82. The van der Waals surface area contributed by atoms with Crippen molar-refractivity contribution in [3.05, 3.63) is 71.2 Å². The minimum absolute atomic E-state index is 0.121. The third kappa shape index (κ3) is 11.2. The zero-order valence-corrected chi connectivity index (χ0v) is 28.7. The Labute approximate surface area is 267 Å². The van der Waals surface area contributed by atoms with Crippen molar-refractivity contribution in [2.24, 2.45) is 4.99 Å². The number of aldehydes is 1. The number of anilines is 1. The van der Waals surface area contributed by atoms with Gasteiger partial charge in [0, 0.05) is 49.7 Å². The van der Waals surface area contributed by atoms with E-state index in [0.29, 0.717) is 24.5 Å². The molecule has 2 aliphatic rings. The van der Waals surface area contributed by atoms with E-state index in [1.165, 1.54) is 36.8 Å². The summed E-state index contributed by atoms with van der Waals surface area (Å²) in [4.78, 5) is 20.1. The summed E-state index contributed by atoms with van der Waals surface area (Å²) in [5, 5.41) is 0. The Morgan fingerprint density at radius 1 is 1.16 bits per heavy atom. The van der Waals surface area contributed by atoms with Crippen molar-refractivity contribution in [2.45, 2.75) is 118 Å². The molecule has 1 saturated heterocycles. The molecule has 244 valence electrons. The van der Waals surface area contributed by atoms with Crippen LogP contribution in [0.3, 0.4) is 0 Å². The Morgan fingerprint density at radius 3 is 2.52 bits per heavy atom. The van der Waals surface area contributed by atoms with Crippen LogP contribution < -0.4 is 9.64 Å². The van der Waals surface area contributed by atoms with Gasteiger partial charge in [0.1, 0.15) is 17.9 Å². The lowest BCUT2D eigenvalue weighted by Gasteiger charge is -2.30. The SMILES string of the molecule is C/C=C\N=C(C)CCC1CC(c2ccc3c(c2)CCO3)CN1CC=O.CC.CCCC(CCC)N(C)c1ccc(F)c(C)c1. The standard InChI is InChI=1S/C21H28N2O2.C15H24FN.C2H6/c1-3-9-22-16(2)4-6-20-14-19(15-23(20)10-11-24)17-5-7-21-18(13-17)8-12-25-21;1-5-7-13(8-6-2)17(4)14-9-10-15(16)12(3)11-14;1-2/h3,5,7,9,11,13,19-20H,4,6,8,10,12,14-15H2,1-2H3;9-11,13H,5-8H2,1-4H3;1-2H3/b9-3-,22-16?;;. The molecule has 2 heterocycles. The topological polar surface area (TPSA) is 45.1 Å². The summed E-state index contributed by atoms with van der Waals surface area (Å²) >= 11 is 0. The number of halogens is 1. The number of nitrogens with zero attached hydrogens (tertiary/aromatic N) is 3. The van der Waals surface area contributed by atoms with E-state index in [0.717, 1.165) is 67.8 Å². The molecule has 2 atom stereocenters. The monoisotopic (exact) mass is 607 g/mol. The first-order valence-electron chi connectivity index (χ1n) is 16.9. The van der Waals surface area contributed by atoms with Crippen LogP contribution in [0, 0.1) is 12.7 Å². The second kappa shape index (κ2) is 20.1. The van der Waals surface area contributed by atoms with Crippen LogP contribution in [0.25, 0.3) is 0 Å². The molecule has 0 N–H and O–H groups in total. The predicted octanol–water partition coefficient (Wildman–Crippen LogP) is 9.32. The van der Waals surface area contributed by atoms with Crippen molar-refractivity contribution < 1.29 is 13.9 Å². The van der Waals surface area contributed by atoms with Crippen LogP contribution in [0.4, 0.5) is 10.1 Å². The van der Waals surface area contributed by atoms with E-state index in [4.69, 9.17) is 4.74 Å². The average molecular weight is 608 g/mol. The van der Waals surface area contributed by atoms with Crippen molar-refractivity contribution in [1.82, 2.24) is 4.90 Å². The number of ether oxygens (including phenoxy) is 1. The summed E-state index contributed by atoms with van der Waals surface area (Å²) in [6.45, 7) is 16.6. The van der Waals surface area contributed by atoms with E-state index in [1.807, 2.05) is 52.1 Å². The number of benzene rings is 2. The van der Waals surface area contributed by atoms with Crippen molar-refractivity contribution in [3.63, 3.8) is 0 Å². The Morgan fingerprint density at radius 2 is 1.89 bits per heavy atom. The molecular weight excluding hydrogens is 549 g/mol. The highest BCUT2D eigenvalue weighted by atomic mass is 19.1. The Balaban J connectivity index is 0.000000311. The second-order valence-electron chi connectivity index (χ2n) is 11.8. The van der Waals surface area contributed by atoms with Gasteiger partial charge < -0.3 is 14.4 Å². The Kier molecular flexibility index (Phi) is 17.0. The van der Waals surface area contributed by atoms with Gasteiger partial charge in [-0.2, -0.15) is 0 Å². The molecule has 0 bridgehead atoms. The summed E-state index contributed by atoms with van der Waals surface area (Å²) in [5.41, 5.74) is 5.72. The van der Waals surface area contributed by atoms with Crippen LogP contribution in [0.2, 0.25) is 0 Å². The maximum Gasteiger partial charge on any atom is 0.133 e. The van der Waals surface area contributed by atoms with Crippen LogP contribution in [0.1, 0.15) is 109 Å². The number of likely N-dealkylation sites (tertiary alicyclic amines) is 1. The van der Waals surface area contributed by atoms with Gasteiger partial charge in [0.25, 0.3) is 0 Å². The maximum atomic E-state index is 13.2. The number of fused-ring (bicyclic) bond motifs is 1. The zero-order valence-electron chi connectivity index (χ0n) is 28.7. The highest BCUT2D eigenvalue weighted by Gasteiger charge is 2.32. The molecule has 2 unspecified atom stereocenters. The fraction of sp³-hybridized carbons (Fsp3) is 0.579. The normalized spacial score (nSPS) is 17.9. The molecule has 0 aromatic heterocycles. The molecule has 0 aliphatic carbocycles. The van der Waals surface area contributed by atoms with Crippen LogP contribution in [-0.4, -0.2) is 55.7 Å². The summed E-state index contributed by atoms with van der Waals surface area (Å²) in [5.74, 6) is 1.42. The van der Waals surface area contributed by atoms with Gasteiger partial charge in [-0.3, -0.25) is 9.89 Å². The second-order valence-corrected chi connectivity index (χ2v) is 11.8. The molecule has 6 heteroatoms. The molecule has 1 fully saturated rings. The predicted molar refractivity (Wildman–Crippen MR) is 186 cm³/mol. The van der Waals surface area contributed by atoms with Crippen molar-refractivity contribution in [3.8, 4) is 5.75 Å². The van der Waals surface area contributed by atoms with Crippen LogP contribution in [0.5, 0.6) is 5.75 Å². The van der Waals surface area contributed by atoms with Crippen LogP contribution in [-0.2, 0) is 11.2 Å². The lowest BCUT2D eigenvalue weighted by Crippen LogP contribution is -2.31. The molecule has 0 radical (unpaired) electrons. The smallest absolute Gasteiger partial charge is 0.133 e. The quantitative estimate of drug-likeness (QED) is 0.168. The number of aryl methyl sites for hydroxylation is 1. The Bertz CT molecular complexity index is 1190. The molecule has 2 aromatic rings. The fourth-order valence-electron chi connectivity index (χ4n) is 6.20. The first-order chi connectivity index (χ1) is 21.3. The summed E-state index contributed by atoms with van der Waals surface area (Å²) in [6.07, 6.45) is 13.8. The molecular formula is C38H58FN3O2. The van der Waals surface area contributed by atoms with Gasteiger partial charge in [-0.25, -0.2) is 4.39 Å². The number of aliphatic imine (C=N–C) groups is 1. The van der Waals surface area contributed by atoms with E-state index in [9.17, 15) is 9.18 Å². The van der Waals surface area contributed by atoms with Gasteiger partial charge >= 0.3 is 0 Å². The number of carbonyl (C=O) groups is 1. The number of rotatable bonds is 13. The van der Waals surface area contributed by atoms with E-state index >= 15 is 0 Å². The van der Waals surface area contributed by atoms with Gasteiger partial charge in [0.2, 0.25) is 0 Å². The first kappa shape index (κ1) is 37.2. The van der Waals surface area contributed by atoms with Crippen molar-refractivity contribution >= 4 is 17.7 Å². The molecule has 2 aromatic carbocycles. The van der Waals surface area contributed by atoms with Crippen LogP contribution >= 0.6 is 0 Å². The largest absolute Gasteiger partial charge is 0.493 e. The summed E-state index contributed by atoms with van der Waals surface area (Å²) in [6, 6.07) is 13.0. The number of hydrogen-bond acceptors (Lipinski definition) is 5. The fourth-order valence-corrected chi connectivity index (χ4v) is 6.20. The van der Waals surface area contributed by atoms with E-state index in [-0.39, 0.29) is 5.82 Å². The van der Waals surface area contributed by atoms with Crippen LogP contribution in [0.15, 0.2) is 53.7 Å². The van der Waals surface area contributed by atoms with Crippen molar-refractivity contribution in [1.29, 1.82) is 0 Å². The van der Waals surface area contributed by atoms with Crippen molar-refractivity contribution in [2.75, 3.05) is 31.6 Å². The van der Waals surface area contributed by atoms with Gasteiger partial charge in [0.05, 0.1) is 13.2 Å². The molecule has 0 saturated carbocycles. The minimum Gasteiger partial charge on any atom is -0.493 e. The summed E-state index contributed by atoms with van der Waals surface area (Å²) < 4.78 is 18.9. The van der Waals surface area contributed by atoms with E-state index in [1.54, 1.807) is 6.07 Å². The van der Waals surface area contributed by atoms with Gasteiger partial charge in [-0.05, 0) is 99.7 Å². The van der Waals surface area contributed by atoms with E-state index < -0.39 is 0 Å². The molecule has 4 rings (SSSR count). The summed E-state index contributed by atoms with van der Waals surface area (Å²) in [7, 11) is 2.11. The third-order valence-corrected chi connectivity index (χ3v) is 8.65. The minimum atomic E-state index is -0.121. The number of carbonyl (C=O) groups excluding carboxylic acids is 1. The van der Waals surface area contributed by atoms with Gasteiger partial charge in [0.15, 0.2) is 0 Å². The lowest BCUT2D eigenvalue weighted by molar-refractivity contribution is -0.109. The average Bonchev–Trinajstić information content (AvgIpc) is 3.68. The molecule has 0 amide bonds. The van der Waals surface area contributed by atoms with Gasteiger partial charge in [-0.1, -0.05) is 58.7 Å². The van der Waals surface area contributed by atoms with E-state index in [2.05, 4.69) is 60.8 Å².